The quantitative estimate of drug-likeness (QED) is 0.173. The number of aromatic nitrogens is 1. The zero-order valence-corrected chi connectivity index (χ0v) is 26.5. The topological polar surface area (TPSA) is 16.1 Å². The van der Waals surface area contributed by atoms with Crippen LogP contribution >= 0.6 is 0 Å². The molecule has 0 spiro atoms. The first kappa shape index (κ1) is 30.0. The molecular weight excluding hydrogens is 607 g/mol. The van der Waals surface area contributed by atoms with Gasteiger partial charge in [0.05, 0.1) is 22.6 Å². The van der Waals surface area contributed by atoms with Gasteiger partial charge in [-0.15, -0.1) is 0 Å². The molecule has 8 aromatic rings. The molecule has 0 N–H and O–H groups in total. The number of rotatable bonds is 7. The fraction of sp³-hybridized carbons (Fsp3) is 0. The highest BCUT2D eigenvalue weighted by Gasteiger charge is 2.24. The Morgan fingerprint density at radius 2 is 0.878 bits per heavy atom. The molecule has 0 saturated heterocycles. The first-order valence-electron chi connectivity index (χ1n) is 16.2. The largest absolute Gasteiger partial charge is 0.309 e. The lowest BCUT2D eigenvalue weighted by Crippen LogP contribution is -2.13. The van der Waals surface area contributed by atoms with Crippen LogP contribution < -0.4 is 4.90 Å². The summed E-state index contributed by atoms with van der Waals surface area (Å²) in [6.07, 6.45) is 1.84. The van der Waals surface area contributed by atoms with E-state index in [0.717, 1.165) is 72.5 Å². The summed E-state index contributed by atoms with van der Waals surface area (Å²) in [5.74, 6) is -0.623. The maximum atomic E-state index is 14.7. The van der Waals surface area contributed by atoms with Gasteiger partial charge in [0.25, 0.3) is 0 Å². The first-order valence-corrected chi connectivity index (χ1v) is 16.2. The lowest BCUT2D eigenvalue weighted by Gasteiger charge is -2.31. The number of halogens is 2. The van der Waals surface area contributed by atoms with Crippen molar-refractivity contribution in [2.24, 2.45) is 0 Å². The highest BCUT2D eigenvalue weighted by molar-refractivity contribution is 6.07. The molecule has 8 rings (SSSR count). The Morgan fingerprint density at radius 3 is 1.45 bits per heavy atom. The van der Waals surface area contributed by atoms with Crippen LogP contribution in [0.2, 0.25) is 0 Å². The second kappa shape index (κ2) is 13.0. The van der Waals surface area contributed by atoms with Crippen molar-refractivity contribution in [1.29, 1.82) is 0 Å². The predicted octanol–water partition coefficient (Wildman–Crippen LogP) is 12.7. The Hall–Kier alpha value is -6.39. The van der Waals surface area contributed by atoms with Gasteiger partial charge < -0.3 is 4.90 Å². The monoisotopic (exact) mass is 636 g/mol. The summed E-state index contributed by atoms with van der Waals surface area (Å²) in [5.41, 5.74) is 10.8. The molecular formula is C45H30F2N2. The minimum absolute atomic E-state index is 0.312. The van der Waals surface area contributed by atoms with Crippen molar-refractivity contribution < 1.29 is 8.78 Å². The van der Waals surface area contributed by atoms with Crippen LogP contribution in [-0.4, -0.2) is 4.98 Å². The molecule has 0 amide bonds. The normalized spacial score (nSPS) is 11.1. The molecule has 0 saturated carbocycles. The number of anilines is 3. The lowest BCUT2D eigenvalue weighted by atomic mass is 9.94. The summed E-state index contributed by atoms with van der Waals surface area (Å²) < 4.78 is 29.4. The van der Waals surface area contributed by atoms with Gasteiger partial charge in [-0.2, -0.15) is 0 Å². The highest BCUT2D eigenvalue weighted by atomic mass is 19.1. The molecule has 0 aliphatic rings. The number of hydrogen-bond acceptors (Lipinski definition) is 2. The van der Waals surface area contributed by atoms with E-state index in [-0.39, 0.29) is 11.6 Å². The van der Waals surface area contributed by atoms with Gasteiger partial charge in [0, 0.05) is 28.3 Å². The summed E-state index contributed by atoms with van der Waals surface area (Å²) in [6.45, 7) is 0. The Bertz CT molecular complexity index is 2330. The first-order chi connectivity index (χ1) is 24.1. The van der Waals surface area contributed by atoms with E-state index in [0.29, 0.717) is 0 Å². The summed E-state index contributed by atoms with van der Waals surface area (Å²) in [4.78, 5) is 7.18. The fourth-order valence-corrected chi connectivity index (χ4v) is 6.60. The molecule has 0 fully saturated rings. The van der Waals surface area contributed by atoms with Crippen molar-refractivity contribution >= 4 is 28.0 Å². The number of pyridine rings is 1. The van der Waals surface area contributed by atoms with Gasteiger partial charge in [-0.3, -0.25) is 4.98 Å². The molecule has 1 aromatic heterocycles. The number of hydrogen-bond donors (Lipinski definition) is 0. The summed E-state index contributed by atoms with van der Waals surface area (Å²) in [7, 11) is 0. The Balaban J connectivity index is 1.48. The molecule has 7 aromatic carbocycles. The number of benzene rings is 7. The van der Waals surface area contributed by atoms with Crippen molar-refractivity contribution in [2.75, 3.05) is 4.90 Å². The van der Waals surface area contributed by atoms with Crippen LogP contribution in [-0.2, 0) is 0 Å². The molecule has 0 atom stereocenters. The zero-order valence-electron chi connectivity index (χ0n) is 26.5. The Kier molecular flexibility index (Phi) is 7.96. The number of para-hydroxylation sites is 2. The van der Waals surface area contributed by atoms with E-state index in [1.165, 1.54) is 12.1 Å². The maximum absolute atomic E-state index is 14.7. The molecule has 0 aliphatic heterocycles. The highest BCUT2D eigenvalue weighted by Crippen LogP contribution is 2.48. The van der Waals surface area contributed by atoms with E-state index in [2.05, 4.69) is 41.3 Å². The van der Waals surface area contributed by atoms with Crippen LogP contribution in [0.5, 0.6) is 0 Å². The second-order valence-corrected chi connectivity index (χ2v) is 11.9. The van der Waals surface area contributed by atoms with Gasteiger partial charge in [0.2, 0.25) is 0 Å². The second-order valence-electron chi connectivity index (χ2n) is 11.9. The summed E-state index contributed by atoms with van der Waals surface area (Å²) in [6, 6.07) is 56.4. The summed E-state index contributed by atoms with van der Waals surface area (Å²) >= 11 is 0. The predicted molar refractivity (Wildman–Crippen MR) is 198 cm³/mol. The molecule has 0 bridgehead atoms. The van der Waals surface area contributed by atoms with Gasteiger partial charge in [-0.05, 0) is 82.4 Å². The van der Waals surface area contributed by atoms with Gasteiger partial charge >= 0.3 is 0 Å². The van der Waals surface area contributed by atoms with Crippen LogP contribution in [0.25, 0.3) is 55.4 Å². The van der Waals surface area contributed by atoms with Crippen molar-refractivity contribution in [3.05, 3.63) is 194 Å². The third-order valence-corrected chi connectivity index (χ3v) is 8.82. The van der Waals surface area contributed by atoms with E-state index >= 15 is 0 Å². The van der Waals surface area contributed by atoms with Gasteiger partial charge in [-0.1, -0.05) is 121 Å². The minimum Gasteiger partial charge on any atom is -0.309 e. The molecule has 234 valence electrons. The molecule has 4 heteroatoms. The van der Waals surface area contributed by atoms with Gasteiger partial charge in [-0.25, -0.2) is 8.78 Å². The van der Waals surface area contributed by atoms with Crippen LogP contribution in [0, 0.1) is 11.6 Å². The lowest BCUT2D eigenvalue weighted by molar-refractivity contribution is 0.628. The van der Waals surface area contributed by atoms with Crippen LogP contribution in [0.15, 0.2) is 182 Å². The Morgan fingerprint density at radius 1 is 0.367 bits per heavy atom. The van der Waals surface area contributed by atoms with Gasteiger partial charge in [0.15, 0.2) is 0 Å². The SMILES string of the molecule is Fc1cccc(-c2ccccc2N(c2ccccc2-c2cccc(F)c2)c2ccnc3c(-c4ccccc4)cc(-c4ccccc4)cc23)c1. The average Bonchev–Trinajstić information content (AvgIpc) is 3.16. The van der Waals surface area contributed by atoms with Crippen molar-refractivity contribution in [1.82, 2.24) is 4.98 Å². The number of nitrogens with zero attached hydrogens (tertiary/aromatic N) is 2. The third-order valence-electron chi connectivity index (χ3n) is 8.82. The van der Waals surface area contributed by atoms with E-state index in [1.807, 2.05) is 109 Å². The smallest absolute Gasteiger partial charge is 0.123 e. The molecule has 0 unspecified atom stereocenters. The number of fused-ring (bicyclic) bond motifs is 1. The molecule has 0 radical (unpaired) electrons. The van der Waals surface area contributed by atoms with E-state index in [9.17, 15) is 8.78 Å². The average molecular weight is 637 g/mol. The van der Waals surface area contributed by atoms with Crippen LogP contribution in [0.4, 0.5) is 25.8 Å². The Labute approximate surface area is 284 Å². The van der Waals surface area contributed by atoms with Crippen molar-refractivity contribution in [3.63, 3.8) is 0 Å². The van der Waals surface area contributed by atoms with Crippen molar-refractivity contribution in [2.45, 2.75) is 0 Å². The summed E-state index contributed by atoms with van der Waals surface area (Å²) in [5, 5.41) is 0.936. The molecule has 49 heavy (non-hydrogen) atoms. The van der Waals surface area contributed by atoms with Gasteiger partial charge in [0.1, 0.15) is 11.6 Å². The molecule has 1 heterocycles. The fourth-order valence-electron chi connectivity index (χ4n) is 6.60. The van der Waals surface area contributed by atoms with E-state index in [4.69, 9.17) is 4.98 Å². The zero-order chi connectivity index (χ0) is 33.2. The van der Waals surface area contributed by atoms with Crippen LogP contribution in [0.1, 0.15) is 0 Å². The maximum Gasteiger partial charge on any atom is 0.123 e. The van der Waals surface area contributed by atoms with Crippen molar-refractivity contribution in [3.8, 4) is 44.5 Å². The third kappa shape index (κ3) is 5.85. The van der Waals surface area contributed by atoms with E-state index < -0.39 is 0 Å². The standard InChI is InChI=1S/C45H30F2N2/c46-36-19-11-17-33(27-36)38-21-7-9-23-42(38)49(43-24-10-8-22-39(43)34-18-12-20-37(47)28-34)44-25-26-48-45-40(32-15-5-2-6-16-32)29-35(30-41(44)45)31-13-3-1-4-14-31/h1-30H. The molecule has 2 nitrogen and oxygen atoms in total. The minimum atomic E-state index is -0.312. The molecule has 0 aliphatic carbocycles. The van der Waals surface area contributed by atoms with Crippen LogP contribution in [0.3, 0.4) is 0 Å². The van der Waals surface area contributed by atoms with E-state index in [1.54, 1.807) is 24.3 Å².